The highest BCUT2D eigenvalue weighted by Crippen LogP contribution is 2.41. The van der Waals surface area contributed by atoms with Gasteiger partial charge in [0.2, 0.25) is 5.95 Å². The van der Waals surface area contributed by atoms with Gasteiger partial charge in [0.25, 0.3) is 6.02 Å². The Kier molecular flexibility index (Phi) is 5.04. The van der Waals surface area contributed by atoms with Crippen LogP contribution in [-0.4, -0.2) is 33.3 Å². The number of hydrogen-bond donors (Lipinski definition) is 2. The van der Waals surface area contributed by atoms with Crippen molar-refractivity contribution in [2.24, 2.45) is 10.7 Å². The summed E-state index contributed by atoms with van der Waals surface area (Å²) in [5.74, 6) is -0.695. The molecule has 0 aliphatic carbocycles. The molecule has 32 heavy (non-hydrogen) atoms. The van der Waals surface area contributed by atoms with Crippen molar-refractivity contribution in [2.45, 2.75) is 31.2 Å². The Hall–Kier alpha value is -4.01. The maximum absolute atomic E-state index is 14.6. The number of ether oxygens (including phenoxy) is 1. The summed E-state index contributed by atoms with van der Waals surface area (Å²) in [5.41, 5.74) is 4.66. The van der Waals surface area contributed by atoms with Crippen LogP contribution in [-0.2, 0) is 10.3 Å². The van der Waals surface area contributed by atoms with Gasteiger partial charge in [-0.3, -0.25) is 4.98 Å². The maximum atomic E-state index is 14.6. The van der Waals surface area contributed by atoms with Crippen LogP contribution in [0.15, 0.2) is 41.8 Å². The van der Waals surface area contributed by atoms with Crippen LogP contribution in [0.5, 0.6) is 0 Å². The molecule has 1 aliphatic rings. The van der Waals surface area contributed by atoms with E-state index in [0.717, 1.165) is 0 Å². The predicted molar refractivity (Wildman–Crippen MR) is 106 cm³/mol. The third-order valence-electron chi connectivity index (χ3n) is 4.98. The minimum atomic E-state index is -4.71. The topological polar surface area (TPSA) is 122 Å². The van der Waals surface area contributed by atoms with Crippen molar-refractivity contribution in [3.63, 3.8) is 0 Å². The monoisotopic (exact) mass is 445 g/mol. The number of fused-ring (bicyclic) bond motifs is 1. The summed E-state index contributed by atoms with van der Waals surface area (Å²) in [4.78, 5) is 16.0. The van der Waals surface area contributed by atoms with Crippen molar-refractivity contribution in [3.8, 4) is 6.07 Å². The van der Waals surface area contributed by atoms with Crippen LogP contribution >= 0.6 is 0 Å². The molecule has 0 radical (unpaired) electrons. The first-order valence-corrected chi connectivity index (χ1v) is 9.26. The number of aromatic nitrogens is 3. The molecular weight excluding hydrogens is 430 g/mol. The van der Waals surface area contributed by atoms with E-state index in [-0.39, 0.29) is 11.3 Å². The standard InChI is InChI=1S/C20H15F4N7O/c1-19(6-14(20(22,23)24)32-18(26)31-19)13-5-12(9-29-16(13)21)30-17-15-11(2-3-27-17)4-10(7-25)8-28-15/h2-5,8-9,14H,6H2,1H3,(H2,26,31)(H,27,30). The second-order valence-electron chi connectivity index (χ2n) is 7.33. The van der Waals surface area contributed by atoms with Gasteiger partial charge in [-0.15, -0.1) is 0 Å². The van der Waals surface area contributed by atoms with Gasteiger partial charge in [0, 0.05) is 29.8 Å². The Morgan fingerprint density at radius 3 is 2.75 bits per heavy atom. The average Bonchev–Trinajstić information content (AvgIpc) is 2.73. The minimum Gasteiger partial charge on any atom is -0.452 e. The van der Waals surface area contributed by atoms with E-state index in [1.165, 1.54) is 31.6 Å². The van der Waals surface area contributed by atoms with Crippen LogP contribution in [0.3, 0.4) is 0 Å². The van der Waals surface area contributed by atoms with Crippen molar-refractivity contribution in [2.75, 3.05) is 5.32 Å². The molecule has 0 spiro atoms. The number of nitriles is 1. The Morgan fingerprint density at radius 1 is 1.25 bits per heavy atom. The largest absolute Gasteiger partial charge is 0.452 e. The maximum Gasteiger partial charge on any atom is 0.425 e. The second kappa shape index (κ2) is 7.60. The lowest BCUT2D eigenvalue weighted by molar-refractivity contribution is -0.208. The molecule has 2 unspecified atom stereocenters. The van der Waals surface area contributed by atoms with Gasteiger partial charge >= 0.3 is 6.18 Å². The summed E-state index contributed by atoms with van der Waals surface area (Å²) in [6, 6.07) is 5.89. The molecule has 164 valence electrons. The summed E-state index contributed by atoms with van der Waals surface area (Å²) in [6.45, 7) is 1.33. The molecule has 1 aliphatic heterocycles. The van der Waals surface area contributed by atoms with E-state index in [1.54, 1.807) is 12.1 Å². The summed E-state index contributed by atoms with van der Waals surface area (Å²) >= 11 is 0. The Labute approximate surface area is 178 Å². The third kappa shape index (κ3) is 3.96. The molecule has 4 heterocycles. The van der Waals surface area contributed by atoms with E-state index in [9.17, 15) is 17.6 Å². The Bertz CT molecular complexity index is 1270. The first-order chi connectivity index (χ1) is 15.1. The van der Waals surface area contributed by atoms with Crippen LogP contribution in [0.1, 0.15) is 24.5 Å². The van der Waals surface area contributed by atoms with E-state index < -0.39 is 36.2 Å². The molecule has 2 atom stereocenters. The van der Waals surface area contributed by atoms with Gasteiger partial charge in [-0.25, -0.2) is 15.0 Å². The summed E-state index contributed by atoms with van der Waals surface area (Å²) in [5, 5.41) is 12.6. The van der Waals surface area contributed by atoms with Crippen LogP contribution in [0.2, 0.25) is 0 Å². The van der Waals surface area contributed by atoms with Crippen LogP contribution in [0, 0.1) is 17.3 Å². The first kappa shape index (κ1) is 21.2. The predicted octanol–water partition coefficient (Wildman–Crippen LogP) is 3.66. The number of pyridine rings is 3. The molecule has 3 aromatic rings. The normalized spacial score (nSPS) is 20.9. The zero-order valence-corrected chi connectivity index (χ0v) is 16.5. The molecule has 3 N–H and O–H groups in total. The lowest BCUT2D eigenvalue weighted by Gasteiger charge is -2.35. The molecule has 4 rings (SSSR count). The van der Waals surface area contributed by atoms with E-state index in [1.807, 2.05) is 6.07 Å². The number of rotatable bonds is 3. The molecule has 12 heteroatoms. The zero-order valence-electron chi connectivity index (χ0n) is 16.5. The summed E-state index contributed by atoms with van der Waals surface area (Å²) in [7, 11) is 0. The number of aliphatic imine (C=N–C) groups is 1. The van der Waals surface area contributed by atoms with Gasteiger partial charge in [-0.1, -0.05) is 0 Å². The van der Waals surface area contributed by atoms with E-state index >= 15 is 0 Å². The molecule has 3 aromatic heterocycles. The minimum absolute atomic E-state index is 0.192. The zero-order chi connectivity index (χ0) is 23.1. The molecule has 8 nitrogen and oxygen atoms in total. The van der Waals surface area contributed by atoms with Gasteiger partial charge in [-0.2, -0.15) is 22.8 Å². The number of nitrogens with one attached hydrogen (secondary N) is 1. The smallest absolute Gasteiger partial charge is 0.425 e. The van der Waals surface area contributed by atoms with Crippen molar-refractivity contribution in [1.82, 2.24) is 15.0 Å². The quantitative estimate of drug-likeness (QED) is 0.466. The molecule has 0 fully saturated rings. The summed E-state index contributed by atoms with van der Waals surface area (Å²) in [6.07, 6.45) is -3.59. The van der Waals surface area contributed by atoms with E-state index in [0.29, 0.717) is 22.3 Å². The fourth-order valence-electron chi connectivity index (χ4n) is 3.46. The number of alkyl halides is 3. The number of nitrogens with zero attached hydrogens (tertiary/aromatic N) is 5. The Balaban J connectivity index is 1.72. The number of hydrogen-bond acceptors (Lipinski definition) is 8. The van der Waals surface area contributed by atoms with Crippen molar-refractivity contribution < 1.29 is 22.3 Å². The summed E-state index contributed by atoms with van der Waals surface area (Å²) < 4.78 is 59.0. The average molecular weight is 445 g/mol. The van der Waals surface area contributed by atoms with Crippen molar-refractivity contribution in [1.29, 1.82) is 5.26 Å². The fourth-order valence-corrected chi connectivity index (χ4v) is 3.46. The molecule has 0 saturated heterocycles. The highest BCUT2D eigenvalue weighted by atomic mass is 19.4. The number of nitrogens with two attached hydrogens (primary N) is 1. The van der Waals surface area contributed by atoms with Crippen molar-refractivity contribution >= 4 is 28.4 Å². The number of anilines is 2. The van der Waals surface area contributed by atoms with Gasteiger partial charge in [-0.05, 0) is 25.1 Å². The molecular formula is C20H15F4N7O. The number of halogens is 4. The van der Waals surface area contributed by atoms with Crippen LogP contribution in [0.25, 0.3) is 10.9 Å². The van der Waals surface area contributed by atoms with E-state index in [2.05, 4.69) is 30.0 Å². The fraction of sp³-hybridized carbons (Fsp3) is 0.250. The van der Waals surface area contributed by atoms with Gasteiger partial charge in [0.15, 0.2) is 11.9 Å². The lowest BCUT2D eigenvalue weighted by atomic mass is 9.86. The molecule has 0 bridgehead atoms. The van der Waals surface area contributed by atoms with Gasteiger partial charge in [0.05, 0.1) is 23.0 Å². The van der Waals surface area contributed by atoms with Crippen LogP contribution in [0.4, 0.5) is 29.1 Å². The molecule has 0 saturated carbocycles. The lowest BCUT2D eigenvalue weighted by Crippen LogP contribution is -2.46. The molecule has 0 amide bonds. The number of amidine groups is 1. The van der Waals surface area contributed by atoms with Gasteiger partial charge in [0.1, 0.15) is 11.6 Å². The van der Waals surface area contributed by atoms with E-state index in [4.69, 9.17) is 11.0 Å². The first-order valence-electron chi connectivity index (χ1n) is 9.26. The Morgan fingerprint density at radius 2 is 2.03 bits per heavy atom. The molecule has 0 aromatic carbocycles. The highest BCUT2D eigenvalue weighted by molar-refractivity contribution is 5.90. The van der Waals surface area contributed by atoms with Gasteiger partial charge < -0.3 is 15.8 Å². The SMILES string of the molecule is CC1(c2cc(Nc3nccc4cc(C#N)cnc34)cnc2F)CC(C(F)(F)F)OC(N)=N1. The second-order valence-corrected chi connectivity index (χ2v) is 7.33. The highest BCUT2D eigenvalue weighted by Gasteiger charge is 2.50. The van der Waals surface area contributed by atoms with Crippen LogP contribution < -0.4 is 11.1 Å². The van der Waals surface area contributed by atoms with Crippen molar-refractivity contribution in [3.05, 3.63) is 53.9 Å². The third-order valence-corrected chi connectivity index (χ3v) is 4.98.